The molecule has 2 aromatic rings. The van der Waals surface area contributed by atoms with Crippen LogP contribution in [-0.4, -0.2) is 41.8 Å². The number of piperidine rings is 1. The molecule has 0 radical (unpaired) electrons. The van der Waals surface area contributed by atoms with Crippen LogP contribution < -0.4 is 15.4 Å². The normalized spacial score (nSPS) is 14.5. The first-order valence-corrected chi connectivity index (χ1v) is 11.6. The summed E-state index contributed by atoms with van der Waals surface area (Å²) in [4.78, 5) is 26.1. The van der Waals surface area contributed by atoms with E-state index in [0.29, 0.717) is 31.2 Å². The van der Waals surface area contributed by atoms with Gasteiger partial charge in [0.2, 0.25) is 0 Å². The van der Waals surface area contributed by atoms with Crippen LogP contribution in [0.15, 0.2) is 48.5 Å². The first-order valence-electron chi connectivity index (χ1n) is 11.2. The SMILES string of the molecule is CC(C)(C)OC(=O)NCc1ccc(CNC(=O)N2CCC(Oc3ccc(Cl)cc3)CC2)cc1. The molecule has 1 aliphatic heterocycles. The number of nitrogens with zero attached hydrogens (tertiary/aromatic N) is 1. The summed E-state index contributed by atoms with van der Waals surface area (Å²) in [5.41, 5.74) is 1.43. The van der Waals surface area contributed by atoms with Gasteiger partial charge in [0, 0.05) is 44.0 Å². The lowest BCUT2D eigenvalue weighted by atomic mass is 10.1. The Morgan fingerprint density at radius 2 is 1.48 bits per heavy atom. The molecule has 0 saturated carbocycles. The highest BCUT2D eigenvalue weighted by atomic mass is 35.5. The van der Waals surface area contributed by atoms with Gasteiger partial charge in [-0.25, -0.2) is 9.59 Å². The van der Waals surface area contributed by atoms with E-state index in [-0.39, 0.29) is 12.1 Å². The molecule has 1 saturated heterocycles. The van der Waals surface area contributed by atoms with E-state index in [1.165, 1.54) is 0 Å². The summed E-state index contributed by atoms with van der Waals surface area (Å²) in [7, 11) is 0. The number of halogens is 1. The third-order valence-corrected chi connectivity index (χ3v) is 5.40. The van der Waals surface area contributed by atoms with Crippen molar-refractivity contribution in [2.45, 2.75) is 58.4 Å². The summed E-state index contributed by atoms with van der Waals surface area (Å²) in [6.07, 6.45) is 1.23. The summed E-state index contributed by atoms with van der Waals surface area (Å²) in [6, 6.07) is 15.0. The second kappa shape index (κ2) is 11.3. The maximum Gasteiger partial charge on any atom is 0.407 e. The van der Waals surface area contributed by atoms with Crippen LogP contribution in [-0.2, 0) is 17.8 Å². The average molecular weight is 474 g/mol. The van der Waals surface area contributed by atoms with Crippen molar-refractivity contribution in [1.29, 1.82) is 0 Å². The van der Waals surface area contributed by atoms with Crippen molar-refractivity contribution in [3.05, 3.63) is 64.7 Å². The Balaban J connectivity index is 1.36. The highest BCUT2D eigenvalue weighted by Gasteiger charge is 2.23. The molecule has 2 aromatic carbocycles. The van der Waals surface area contributed by atoms with Crippen molar-refractivity contribution in [3.8, 4) is 5.75 Å². The third kappa shape index (κ3) is 8.50. The second-order valence-electron chi connectivity index (χ2n) is 9.09. The van der Waals surface area contributed by atoms with Gasteiger partial charge in [-0.2, -0.15) is 0 Å². The number of urea groups is 1. The molecule has 3 amide bonds. The molecule has 33 heavy (non-hydrogen) atoms. The smallest absolute Gasteiger partial charge is 0.407 e. The molecular weight excluding hydrogens is 442 g/mol. The fourth-order valence-corrected chi connectivity index (χ4v) is 3.56. The number of alkyl carbamates (subject to hydrolysis) is 1. The standard InChI is InChI=1S/C25H32ClN3O4/c1-25(2,3)33-24(31)28-17-19-6-4-18(5-7-19)16-27-23(30)29-14-12-22(13-15-29)32-21-10-8-20(26)9-11-21/h4-11,22H,12-17H2,1-3H3,(H,27,30)(H,28,31). The van der Waals surface area contributed by atoms with Crippen molar-refractivity contribution >= 4 is 23.7 Å². The van der Waals surface area contributed by atoms with Crippen LogP contribution in [0.1, 0.15) is 44.7 Å². The van der Waals surface area contributed by atoms with E-state index in [1.807, 2.05) is 74.2 Å². The first-order chi connectivity index (χ1) is 15.7. The van der Waals surface area contributed by atoms with Gasteiger partial charge in [0.05, 0.1) is 0 Å². The van der Waals surface area contributed by atoms with E-state index >= 15 is 0 Å². The minimum absolute atomic E-state index is 0.0735. The number of likely N-dealkylation sites (tertiary alicyclic amines) is 1. The van der Waals surface area contributed by atoms with Crippen LogP contribution in [0.25, 0.3) is 0 Å². The highest BCUT2D eigenvalue weighted by molar-refractivity contribution is 6.30. The van der Waals surface area contributed by atoms with Crippen molar-refractivity contribution in [2.75, 3.05) is 13.1 Å². The number of hydrogen-bond acceptors (Lipinski definition) is 4. The number of benzene rings is 2. The molecule has 7 nitrogen and oxygen atoms in total. The minimum Gasteiger partial charge on any atom is -0.490 e. The Kier molecular flexibility index (Phi) is 8.44. The Hall–Kier alpha value is -2.93. The van der Waals surface area contributed by atoms with Crippen LogP contribution >= 0.6 is 11.6 Å². The summed E-state index contributed by atoms with van der Waals surface area (Å²) in [5.74, 6) is 0.798. The van der Waals surface area contributed by atoms with Crippen molar-refractivity contribution < 1.29 is 19.1 Å². The van der Waals surface area contributed by atoms with E-state index in [4.69, 9.17) is 21.1 Å². The minimum atomic E-state index is -0.523. The maximum atomic E-state index is 12.5. The van der Waals surface area contributed by atoms with Crippen molar-refractivity contribution in [1.82, 2.24) is 15.5 Å². The summed E-state index contributed by atoms with van der Waals surface area (Å²) >= 11 is 5.91. The van der Waals surface area contributed by atoms with Crippen LogP contribution in [0, 0.1) is 0 Å². The molecule has 8 heteroatoms. The second-order valence-corrected chi connectivity index (χ2v) is 9.53. The Bertz CT molecular complexity index is 918. The molecule has 3 rings (SSSR count). The zero-order valence-corrected chi connectivity index (χ0v) is 20.2. The quantitative estimate of drug-likeness (QED) is 0.610. The maximum absolute atomic E-state index is 12.5. The molecule has 178 valence electrons. The molecule has 1 aliphatic rings. The van der Waals surface area contributed by atoms with Gasteiger partial charge >= 0.3 is 12.1 Å². The van der Waals surface area contributed by atoms with Crippen LogP contribution in [0.3, 0.4) is 0 Å². The predicted molar refractivity (Wildman–Crippen MR) is 128 cm³/mol. The molecule has 1 heterocycles. The largest absolute Gasteiger partial charge is 0.490 e. The number of amides is 3. The zero-order valence-electron chi connectivity index (χ0n) is 19.4. The highest BCUT2D eigenvalue weighted by Crippen LogP contribution is 2.21. The van der Waals surface area contributed by atoms with Gasteiger partial charge in [0.15, 0.2) is 0 Å². The molecule has 0 atom stereocenters. The number of hydrogen-bond donors (Lipinski definition) is 2. The summed E-state index contributed by atoms with van der Waals surface area (Å²) in [6.45, 7) is 7.61. The van der Waals surface area contributed by atoms with Gasteiger partial charge in [0.1, 0.15) is 17.5 Å². The van der Waals surface area contributed by atoms with Gasteiger partial charge in [-0.15, -0.1) is 0 Å². The molecular formula is C25H32ClN3O4. The molecule has 0 aromatic heterocycles. The Morgan fingerprint density at radius 1 is 0.939 bits per heavy atom. The fourth-order valence-electron chi connectivity index (χ4n) is 3.44. The summed E-state index contributed by atoms with van der Waals surface area (Å²) < 4.78 is 11.2. The lowest BCUT2D eigenvalue weighted by Crippen LogP contribution is -2.46. The van der Waals surface area contributed by atoms with Gasteiger partial charge in [-0.1, -0.05) is 35.9 Å². The Labute approximate surface area is 200 Å². The van der Waals surface area contributed by atoms with Gasteiger partial charge in [-0.05, 0) is 56.2 Å². The van der Waals surface area contributed by atoms with E-state index in [1.54, 1.807) is 0 Å². The first kappa shape index (κ1) is 24.7. The van der Waals surface area contributed by atoms with E-state index in [2.05, 4.69) is 10.6 Å². The Morgan fingerprint density at radius 3 is 2.03 bits per heavy atom. The van der Waals surface area contributed by atoms with Crippen LogP contribution in [0.5, 0.6) is 5.75 Å². The predicted octanol–water partition coefficient (Wildman–Crippen LogP) is 5.12. The van der Waals surface area contributed by atoms with Crippen LogP contribution in [0.4, 0.5) is 9.59 Å². The lowest BCUT2D eigenvalue weighted by Gasteiger charge is -2.32. The molecule has 0 unspecified atom stereocenters. The zero-order chi connectivity index (χ0) is 23.8. The van der Waals surface area contributed by atoms with Crippen molar-refractivity contribution in [2.24, 2.45) is 0 Å². The van der Waals surface area contributed by atoms with Crippen LogP contribution in [0.2, 0.25) is 5.02 Å². The monoisotopic (exact) mass is 473 g/mol. The van der Waals surface area contributed by atoms with E-state index in [9.17, 15) is 9.59 Å². The molecule has 0 bridgehead atoms. The van der Waals surface area contributed by atoms with E-state index < -0.39 is 11.7 Å². The molecule has 1 fully saturated rings. The molecule has 0 spiro atoms. The van der Waals surface area contributed by atoms with E-state index in [0.717, 1.165) is 29.7 Å². The number of carbonyl (C=O) groups excluding carboxylic acids is 2. The van der Waals surface area contributed by atoms with Crippen molar-refractivity contribution in [3.63, 3.8) is 0 Å². The van der Waals surface area contributed by atoms with Gasteiger partial charge < -0.3 is 25.0 Å². The average Bonchev–Trinajstić information content (AvgIpc) is 2.78. The number of nitrogens with one attached hydrogen (secondary N) is 2. The number of rotatable bonds is 6. The third-order valence-electron chi connectivity index (χ3n) is 5.15. The summed E-state index contributed by atoms with van der Waals surface area (Å²) in [5, 5.41) is 6.39. The molecule has 2 N–H and O–H groups in total. The van der Waals surface area contributed by atoms with Gasteiger partial charge in [-0.3, -0.25) is 0 Å². The number of carbonyl (C=O) groups is 2. The number of ether oxygens (including phenoxy) is 2. The topological polar surface area (TPSA) is 79.9 Å². The molecule has 0 aliphatic carbocycles. The van der Waals surface area contributed by atoms with Gasteiger partial charge in [0.25, 0.3) is 0 Å². The lowest BCUT2D eigenvalue weighted by molar-refractivity contribution is 0.0523. The fraction of sp³-hybridized carbons (Fsp3) is 0.440.